The summed E-state index contributed by atoms with van der Waals surface area (Å²) in [6, 6.07) is 0. The van der Waals surface area contributed by atoms with Gasteiger partial charge in [-0.05, 0) is 6.42 Å². The summed E-state index contributed by atoms with van der Waals surface area (Å²) in [5.41, 5.74) is 0. The lowest BCUT2D eigenvalue weighted by atomic mass is 10.1. The average molecular weight is 152 g/mol. The second kappa shape index (κ2) is 2.08. The van der Waals surface area contributed by atoms with Crippen molar-refractivity contribution in [1.29, 1.82) is 0 Å². The molecule has 2 heterocycles. The largest absolute Gasteiger partial charge is 0.481 e. The van der Waals surface area contributed by atoms with Crippen LogP contribution in [0.3, 0.4) is 0 Å². The molecule has 0 spiro atoms. The molecule has 0 saturated carbocycles. The fraction of sp³-hybridized carbons (Fsp3) is 0.429. The average Bonchev–Trinajstić information content (AvgIpc) is 2.41. The zero-order valence-electron chi connectivity index (χ0n) is 5.90. The quantitative estimate of drug-likeness (QED) is 0.635. The maximum Gasteiger partial charge on any atom is 0.314 e. The normalized spacial score (nSPS) is 21.6. The number of carboxylic acids is 1. The lowest BCUT2D eigenvalue weighted by Crippen LogP contribution is -2.08. The maximum atomic E-state index is 10.6. The third kappa shape index (κ3) is 0.824. The Morgan fingerprint density at radius 3 is 3.36 bits per heavy atom. The molecule has 1 aromatic rings. The minimum Gasteiger partial charge on any atom is -0.481 e. The van der Waals surface area contributed by atoms with Crippen LogP contribution in [0.5, 0.6) is 0 Å². The lowest BCUT2D eigenvalue weighted by molar-refractivity contribution is -0.138. The van der Waals surface area contributed by atoms with Crippen molar-refractivity contribution in [1.82, 2.24) is 9.55 Å². The van der Waals surface area contributed by atoms with Gasteiger partial charge in [-0.2, -0.15) is 0 Å². The number of carbonyl (C=O) groups is 1. The van der Waals surface area contributed by atoms with Crippen molar-refractivity contribution in [2.24, 2.45) is 0 Å². The number of aryl methyl sites for hydroxylation is 1. The summed E-state index contributed by atoms with van der Waals surface area (Å²) < 4.78 is 1.89. The fourth-order valence-electron chi connectivity index (χ4n) is 1.45. The Hall–Kier alpha value is -1.32. The molecule has 0 amide bonds. The van der Waals surface area contributed by atoms with Crippen LogP contribution in [-0.4, -0.2) is 20.6 Å². The van der Waals surface area contributed by atoms with E-state index < -0.39 is 5.97 Å². The first kappa shape index (κ1) is 6.39. The van der Waals surface area contributed by atoms with Crippen molar-refractivity contribution in [3.63, 3.8) is 0 Å². The van der Waals surface area contributed by atoms with E-state index in [9.17, 15) is 4.79 Å². The first-order chi connectivity index (χ1) is 5.29. The molecule has 0 saturated heterocycles. The summed E-state index contributed by atoms with van der Waals surface area (Å²) in [4.78, 5) is 14.6. The van der Waals surface area contributed by atoms with Gasteiger partial charge >= 0.3 is 5.97 Å². The van der Waals surface area contributed by atoms with Gasteiger partial charge in [0.25, 0.3) is 0 Å². The molecule has 1 atom stereocenters. The zero-order chi connectivity index (χ0) is 7.84. The Labute approximate surface area is 63.5 Å². The van der Waals surface area contributed by atoms with Crippen molar-refractivity contribution in [2.75, 3.05) is 0 Å². The van der Waals surface area contributed by atoms with E-state index in [2.05, 4.69) is 4.98 Å². The third-order valence-electron chi connectivity index (χ3n) is 2.02. The first-order valence-corrected chi connectivity index (χ1v) is 3.53. The van der Waals surface area contributed by atoms with E-state index in [1.165, 1.54) is 0 Å². The number of aliphatic carboxylic acids is 1. The van der Waals surface area contributed by atoms with Crippen LogP contribution in [0.2, 0.25) is 0 Å². The van der Waals surface area contributed by atoms with Crippen LogP contribution in [0.1, 0.15) is 18.2 Å². The molecule has 0 bridgehead atoms. The summed E-state index contributed by atoms with van der Waals surface area (Å²) in [7, 11) is 0. The number of hydrogen-bond acceptors (Lipinski definition) is 2. The molecule has 0 unspecified atom stereocenters. The molecule has 11 heavy (non-hydrogen) atoms. The summed E-state index contributed by atoms with van der Waals surface area (Å²) in [5.74, 6) is -0.461. The summed E-state index contributed by atoms with van der Waals surface area (Å²) in [6.07, 6.45) is 4.14. The first-order valence-electron chi connectivity index (χ1n) is 3.53. The Morgan fingerprint density at radius 1 is 1.82 bits per heavy atom. The Balaban J connectivity index is 2.38. The summed E-state index contributed by atoms with van der Waals surface area (Å²) in [6.45, 7) is 0.784. The van der Waals surface area contributed by atoms with Crippen LogP contribution in [0.15, 0.2) is 12.4 Å². The number of aromatic nitrogens is 2. The molecule has 2 rings (SSSR count). The Bertz CT molecular complexity index is 292. The van der Waals surface area contributed by atoms with Crippen LogP contribution in [0.4, 0.5) is 0 Å². The van der Waals surface area contributed by atoms with Gasteiger partial charge in [-0.15, -0.1) is 0 Å². The van der Waals surface area contributed by atoms with Crippen molar-refractivity contribution in [3.8, 4) is 0 Å². The van der Waals surface area contributed by atoms with Crippen molar-refractivity contribution >= 4 is 5.97 Å². The molecule has 1 N–H and O–H groups in total. The Morgan fingerprint density at radius 2 is 2.64 bits per heavy atom. The highest BCUT2D eigenvalue weighted by Crippen LogP contribution is 2.25. The van der Waals surface area contributed by atoms with Crippen LogP contribution in [-0.2, 0) is 11.3 Å². The number of nitrogens with zero attached hydrogens (tertiary/aromatic N) is 2. The van der Waals surface area contributed by atoms with Crippen LogP contribution >= 0.6 is 0 Å². The maximum absolute atomic E-state index is 10.6. The zero-order valence-corrected chi connectivity index (χ0v) is 5.90. The molecule has 58 valence electrons. The Kier molecular flexibility index (Phi) is 1.21. The van der Waals surface area contributed by atoms with E-state index in [-0.39, 0.29) is 5.92 Å². The molecule has 0 aromatic carbocycles. The standard InChI is InChI=1S/C7H8N2O2/c10-7(11)5-1-3-9-4-2-8-6(5)9/h2,4-5H,1,3H2,(H,10,11)/t5-/m1/s1. The van der Waals surface area contributed by atoms with E-state index in [0.29, 0.717) is 12.2 Å². The van der Waals surface area contributed by atoms with E-state index >= 15 is 0 Å². The number of hydrogen-bond donors (Lipinski definition) is 1. The van der Waals surface area contributed by atoms with Crippen molar-refractivity contribution < 1.29 is 9.90 Å². The molecule has 1 aliphatic heterocycles. The van der Waals surface area contributed by atoms with Gasteiger partial charge in [-0.25, -0.2) is 4.98 Å². The minimum absolute atomic E-state index is 0.384. The highest BCUT2D eigenvalue weighted by atomic mass is 16.4. The highest BCUT2D eigenvalue weighted by Gasteiger charge is 2.29. The second-order valence-electron chi connectivity index (χ2n) is 2.66. The molecular weight excluding hydrogens is 144 g/mol. The third-order valence-corrected chi connectivity index (χ3v) is 2.02. The van der Waals surface area contributed by atoms with Gasteiger partial charge in [0.2, 0.25) is 0 Å². The topological polar surface area (TPSA) is 55.1 Å². The highest BCUT2D eigenvalue weighted by molar-refractivity contribution is 5.75. The SMILES string of the molecule is O=C(O)[C@@H]1CCn2ccnc21. The van der Waals surface area contributed by atoms with Gasteiger partial charge in [-0.3, -0.25) is 4.79 Å². The molecule has 0 radical (unpaired) electrons. The van der Waals surface area contributed by atoms with Gasteiger partial charge < -0.3 is 9.67 Å². The van der Waals surface area contributed by atoms with Crippen LogP contribution < -0.4 is 0 Å². The van der Waals surface area contributed by atoms with Gasteiger partial charge in [0.05, 0.1) is 0 Å². The summed E-state index contributed by atoms with van der Waals surface area (Å²) >= 11 is 0. The second-order valence-corrected chi connectivity index (χ2v) is 2.66. The number of rotatable bonds is 1. The summed E-state index contributed by atoms with van der Waals surface area (Å²) in [5, 5.41) is 8.73. The smallest absolute Gasteiger partial charge is 0.314 e. The van der Waals surface area contributed by atoms with Crippen LogP contribution in [0.25, 0.3) is 0 Å². The monoisotopic (exact) mass is 152 g/mol. The number of carboxylic acid groups (broad SMARTS) is 1. The van der Waals surface area contributed by atoms with Gasteiger partial charge in [0.15, 0.2) is 0 Å². The molecule has 0 aliphatic carbocycles. The molecule has 1 aromatic heterocycles. The molecule has 4 nitrogen and oxygen atoms in total. The molecule has 0 fully saturated rings. The molecule has 4 heteroatoms. The minimum atomic E-state index is -0.769. The predicted molar refractivity (Wildman–Crippen MR) is 37.2 cm³/mol. The van der Waals surface area contributed by atoms with Crippen LogP contribution in [0, 0.1) is 0 Å². The van der Waals surface area contributed by atoms with Crippen molar-refractivity contribution in [2.45, 2.75) is 18.9 Å². The number of imidazole rings is 1. The van der Waals surface area contributed by atoms with Gasteiger partial charge in [0.1, 0.15) is 11.7 Å². The number of fused-ring (bicyclic) bond motifs is 1. The van der Waals surface area contributed by atoms with Crippen molar-refractivity contribution in [3.05, 3.63) is 18.2 Å². The van der Waals surface area contributed by atoms with E-state index in [1.54, 1.807) is 6.20 Å². The van der Waals surface area contributed by atoms with E-state index in [0.717, 1.165) is 6.54 Å². The van der Waals surface area contributed by atoms with E-state index in [4.69, 9.17) is 5.11 Å². The van der Waals surface area contributed by atoms with Gasteiger partial charge in [0, 0.05) is 18.9 Å². The van der Waals surface area contributed by atoms with Gasteiger partial charge in [-0.1, -0.05) is 0 Å². The predicted octanol–water partition coefficient (Wildman–Crippen LogP) is 0.455. The lowest BCUT2D eigenvalue weighted by Gasteiger charge is -1.98. The van der Waals surface area contributed by atoms with E-state index in [1.807, 2.05) is 10.8 Å². The molecular formula is C7H8N2O2. The fourth-order valence-corrected chi connectivity index (χ4v) is 1.45. The molecule has 1 aliphatic rings.